The summed E-state index contributed by atoms with van der Waals surface area (Å²) in [4.78, 5) is 11.7. The highest BCUT2D eigenvalue weighted by Crippen LogP contribution is 2.55. The molecule has 0 amide bonds. The average Bonchev–Trinajstić information content (AvgIpc) is 2.52. The summed E-state index contributed by atoms with van der Waals surface area (Å²) in [7, 11) is 0. The maximum atomic E-state index is 5.84. The van der Waals surface area contributed by atoms with E-state index in [2.05, 4.69) is 55.4 Å². The van der Waals surface area contributed by atoms with Gasteiger partial charge in [0.1, 0.15) is 12.2 Å². The third-order valence-corrected chi connectivity index (χ3v) is 5.30. The van der Waals surface area contributed by atoms with Crippen LogP contribution in [-0.4, -0.2) is 12.2 Å². The molecule has 0 radical (unpaired) electrons. The second-order valence-electron chi connectivity index (χ2n) is 9.13. The highest BCUT2D eigenvalue weighted by Gasteiger charge is 2.58. The van der Waals surface area contributed by atoms with Crippen molar-refractivity contribution in [1.29, 1.82) is 0 Å². The van der Waals surface area contributed by atoms with Gasteiger partial charge in [0.25, 0.3) is 0 Å². The van der Waals surface area contributed by atoms with Crippen molar-refractivity contribution in [3.8, 4) is 0 Å². The first-order chi connectivity index (χ1) is 8.53. The minimum Gasteiger partial charge on any atom is -0.232 e. The van der Waals surface area contributed by atoms with Crippen LogP contribution in [0, 0.1) is 34.5 Å². The van der Waals surface area contributed by atoms with E-state index in [1.807, 2.05) is 0 Å². The molecule has 0 aromatic rings. The predicted octanol–water partition coefficient (Wildman–Crippen LogP) is 4.69. The van der Waals surface area contributed by atoms with Gasteiger partial charge >= 0.3 is 0 Å². The molecule has 5 unspecified atom stereocenters. The molecule has 1 aliphatic carbocycles. The Morgan fingerprint density at radius 1 is 0.842 bits per heavy atom. The van der Waals surface area contributed by atoms with Gasteiger partial charge < -0.3 is 0 Å². The summed E-state index contributed by atoms with van der Waals surface area (Å²) < 4.78 is 0. The van der Waals surface area contributed by atoms with Gasteiger partial charge in [0.2, 0.25) is 0 Å². The van der Waals surface area contributed by atoms with E-state index in [4.69, 9.17) is 9.78 Å². The number of rotatable bonds is 1. The maximum absolute atomic E-state index is 5.84. The van der Waals surface area contributed by atoms with Crippen molar-refractivity contribution in [2.45, 2.75) is 74.0 Å². The van der Waals surface area contributed by atoms with Gasteiger partial charge in [-0.15, -0.1) is 0 Å². The minimum absolute atomic E-state index is 0.239. The zero-order chi connectivity index (χ0) is 14.6. The molecule has 112 valence electrons. The molecular formula is C17H32O2. The summed E-state index contributed by atoms with van der Waals surface area (Å²) in [5, 5.41) is 0. The number of hydrogen-bond acceptors (Lipinski definition) is 2. The van der Waals surface area contributed by atoms with Gasteiger partial charge in [-0.1, -0.05) is 55.4 Å². The van der Waals surface area contributed by atoms with Crippen LogP contribution in [0.25, 0.3) is 0 Å². The molecule has 5 atom stereocenters. The topological polar surface area (TPSA) is 18.5 Å². The fourth-order valence-corrected chi connectivity index (χ4v) is 4.13. The third-order valence-electron chi connectivity index (χ3n) is 5.30. The van der Waals surface area contributed by atoms with Gasteiger partial charge in [0, 0.05) is 5.92 Å². The zero-order valence-electron chi connectivity index (χ0n) is 14.0. The largest absolute Gasteiger partial charge is 0.232 e. The monoisotopic (exact) mass is 268 g/mol. The highest BCUT2D eigenvalue weighted by atomic mass is 17.2. The summed E-state index contributed by atoms with van der Waals surface area (Å²) in [6.45, 7) is 18.7. The Morgan fingerprint density at radius 2 is 1.37 bits per heavy atom. The molecule has 2 nitrogen and oxygen atoms in total. The van der Waals surface area contributed by atoms with Crippen molar-refractivity contribution in [3.05, 3.63) is 0 Å². The van der Waals surface area contributed by atoms with Crippen molar-refractivity contribution in [2.24, 2.45) is 34.5 Å². The van der Waals surface area contributed by atoms with Crippen LogP contribution in [0.2, 0.25) is 0 Å². The molecule has 1 saturated carbocycles. The number of hydrogen-bond donors (Lipinski definition) is 0. The van der Waals surface area contributed by atoms with E-state index in [0.29, 0.717) is 23.7 Å². The van der Waals surface area contributed by atoms with Crippen molar-refractivity contribution in [1.82, 2.24) is 0 Å². The zero-order valence-corrected chi connectivity index (χ0v) is 14.0. The lowest BCUT2D eigenvalue weighted by atomic mass is 9.56. The van der Waals surface area contributed by atoms with Crippen LogP contribution < -0.4 is 0 Å². The Balaban J connectivity index is 2.36. The van der Waals surface area contributed by atoms with Crippen molar-refractivity contribution >= 4 is 0 Å². The summed E-state index contributed by atoms with van der Waals surface area (Å²) >= 11 is 0. The fourth-order valence-electron chi connectivity index (χ4n) is 4.13. The van der Waals surface area contributed by atoms with E-state index in [9.17, 15) is 0 Å². The standard InChI is InChI=1S/C17H32O2/c1-10(2)11-9-12(16(3,4)5)15-13(17(6,7)8)14(11)18-19-15/h10-15H,9H2,1-8H3. The van der Waals surface area contributed by atoms with E-state index < -0.39 is 0 Å². The molecule has 2 rings (SSSR count). The van der Waals surface area contributed by atoms with Crippen molar-refractivity contribution in [2.75, 3.05) is 0 Å². The van der Waals surface area contributed by atoms with E-state index >= 15 is 0 Å². The molecule has 2 aliphatic rings. The number of fused-ring (bicyclic) bond motifs is 2. The Hall–Kier alpha value is -0.0800. The molecule has 0 spiro atoms. The second-order valence-corrected chi connectivity index (χ2v) is 9.13. The van der Waals surface area contributed by atoms with Gasteiger partial charge in [-0.2, -0.15) is 0 Å². The van der Waals surface area contributed by atoms with Crippen molar-refractivity contribution < 1.29 is 9.78 Å². The van der Waals surface area contributed by atoms with E-state index in [1.165, 1.54) is 6.42 Å². The maximum Gasteiger partial charge on any atom is 0.102 e. The lowest BCUT2D eigenvalue weighted by molar-refractivity contribution is -0.302. The molecule has 1 aliphatic heterocycles. The van der Waals surface area contributed by atoms with E-state index in [1.54, 1.807) is 0 Å². The summed E-state index contributed by atoms with van der Waals surface area (Å²) in [6.07, 6.45) is 1.78. The quantitative estimate of drug-likeness (QED) is 0.643. The molecule has 2 fully saturated rings. The van der Waals surface area contributed by atoms with Crippen LogP contribution in [0.3, 0.4) is 0 Å². The summed E-state index contributed by atoms with van der Waals surface area (Å²) in [6, 6.07) is 0. The molecule has 1 heterocycles. The molecular weight excluding hydrogens is 236 g/mol. The van der Waals surface area contributed by atoms with Crippen LogP contribution in [0.1, 0.15) is 61.8 Å². The van der Waals surface area contributed by atoms with Gasteiger partial charge in [0.05, 0.1) is 0 Å². The molecule has 0 aromatic carbocycles. The Labute approximate surface area is 119 Å². The average molecular weight is 268 g/mol. The van der Waals surface area contributed by atoms with E-state index in [-0.39, 0.29) is 23.0 Å². The van der Waals surface area contributed by atoms with E-state index in [0.717, 1.165) is 0 Å². The lowest BCUT2D eigenvalue weighted by Gasteiger charge is -2.48. The van der Waals surface area contributed by atoms with Crippen LogP contribution in [0.4, 0.5) is 0 Å². The molecule has 2 bridgehead atoms. The minimum atomic E-state index is 0.239. The van der Waals surface area contributed by atoms with Crippen LogP contribution >= 0.6 is 0 Å². The summed E-state index contributed by atoms with van der Waals surface area (Å²) in [5.41, 5.74) is 0.517. The first-order valence-electron chi connectivity index (χ1n) is 7.85. The van der Waals surface area contributed by atoms with Gasteiger partial charge in [-0.05, 0) is 35.0 Å². The Bertz CT molecular complexity index is 321. The van der Waals surface area contributed by atoms with Gasteiger partial charge in [-0.3, -0.25) is 0 Å². The molecule has 2 heteroatoms. The first-order valence-corrected chi connectivity index (χ1v) is 7.85. The third kappa shape index (κ3) is 2.71. The predicted molar refractivity (Wildman–Crippen MR) is 78.6 cm³/mol. The Morgan fingerprint density at radius 3 is 1.79 bits per heavy atom. The second kappa shape index (κ2) is 4.73. The lowest BCUT2D eigenvalue weighted by Crippen LogP contribution is -2.51. The van der Waals surface area contributed by atoms with Gasteiger partial charge in [-0.25, -0.2) is 9.78 Å². The van der Waals surface area contributed by atoms with Crippen LogP contribution in [0.15, 0.2) is 0 Å². The molecule has 19 heavy (non-hydrogen) atoms. The normalized spacial score (nSPS) is 39.9. The smallest absolute Gasteiger partial charge is 0.102 e. The summed E-state index contributed by atoms with van der Waals surface area (Å²) in [5.74, 6) is 2.37. The fraction of sp³-hybridized carbons (Fsp3) is 1.00. The molecule has 0 N–H and O–H groups in total. The van der Waals surface area contributed by atoms with Crippen LogP contribution in [-0.2, 0) is 9.78 Å². The van der Waals surface area contributed by atoms with Crippen molar-refractivity contribution in [3.63, 3.8) is 0 Å². The van der Waals surface area contributed by atoms with Crippen LogP contribution in [0.5, 0.6) is 0 Å². The highest BCUT2D eigenvalue weighted by molar-refractivity contribution is 5.03. The molecule has 0 aromatic heterocycles. The SMILES string of the molecule is CC(C)C1CC(C(C)(C)C)C2OOC1C2C(C)(C)C. The molecule has 1 saturated heterocycles. The Kier molecular flexibility index (Phi) is 3.81. The van der Waals surface area contributed by atoms with Gasteiger partial charge in [0.15, 0.2) is 0 Å². The first kappa shape index (κ1) is 15.3.